The summed E-state index contributed by atoms with van der Waals surface area (Å²) in [6.45, 7) is 4.00. The fraction of sp³-hybridized carbons (Fsp3) is 0.600. The third-order valence-electron chi connectivity index (χ3n) is 3.66. The Morgan fingerprint density at radius 1 is 1.40 bits per heavy atom. The van der Waals surface area contributed by atoms with Gasteiger partial charge in [0.25, 0.3) is 0 Å². The molecule has 1 aliphatic heterocycles. The summed E-state index contributed by atoms with van der Waals surface area (Å²) < 4.78 is 19.2. The van der Waals surface area contributed by atoms with E-state index in [1.165, 1.54) is 12.1 Å². The number of aliphatic hydroxyl groups is 1. The van der Waals surface area contributed by atoms with Crippen LogP contribution in [-0.2, 0) is 4.74 Å². The molecule has 3 atom stereocenters. The number of benzene rings is 1. The maximum absolute atomic E-state index is 13.5. The SMILES string of the molecule is CC1CC(NC(CO)c2ccc(Cl)c(F)c2)CC(C)O1. The van der Waals surface area contributed by atoms with E-state index in [-0.39, 0.29) is 35.9 Å². The van der Waals surface area contributed by atoms with Crippen LogP contribution in [0.5, 0.6) is 0 Å². The van der Waals surface area contributed by atoms with Gasteiger partial charge in [0, 0.05) is 6.04 Å². The molecule has 2 rings (SSSR count). The molecule has 3 unspecified atom stereocenters. The Balaban J connectivity index is 2.06. The van der Waals surface area contributed by atoms with Crippen molar-refractivity contribution in [3.8, 4) is 0 Å². The molecule has 0 aromatic heterocycles. The molecule has 0 saturated carbocycles. The van der Waals surface area contributed by atoms with Crippen LogP contribution in [0.1, 0.15) is 38.3 Å². The fourth-order valence-corrected chi connectivity index (χ4v) is 2.93. The molecule has 0 bridgehead atoms. The number of hydrogen-bond donors (Lipinski definition) is 2. The highest BCUT2D eigenvalue weighted by Gasteiger charge is 2.26. The van der Waals surface area contributed by atoms with Crippen molar-refractivity contribution in [1.82, 2.24) is 5.32 Å². The normalized spacial score (nSPS) is 28.4. The van der Waals surface area contributed by atoms with Crippen LogP contribution in [0.15, 0.2) is 18.2 Å². The Morgan fingerprint density at radius 3 is 2.60 bits per heavy atom. The molecule has 0 radical (unpaired) electrons. The predicted octanol–water partition coefficient (Wildman–Crippen LogP) is 3.06. The molecule has 1 aromatic rings. The molecule has 2 N–H and O–H groups in total. The minimum atomic E-state index is -0.460. The van der Waals surface area contributed by atoms with Crippen molar-refractivity contribution in [1.29, 1.82) is 0 Å². The Hall–Kier alpha value is -0.680. The molecule has 112 valence electrons. The molecule has 1 saturated heterocycles. The predicted molar refractivity (Wildman–Crippen MR) is 77.4 cm³/mol. The van der Waals surface area contributed by atoms with Crippen molar-refractivity contribution in [2.45, 2.75) is 51.0 Å². The second kappa shape index (κ2) is 6.85. The van der Waals surface area contributed by atoms with Gasteiger partial charge < -0.3 is 15.2 Å². The first-order valence-electron chi connectivity index (χ1n) is 6.97. The highest BCUT2D eigenvalue weighted by molar-refractivity contribution is 6.30. The third kappa shape index (κ3) is 3.92. The Morgan fingerprint density at radius 2 is 2.05 bits per heavy atom. The largest absolute Gasteiger partial charge is 0.394 e. The van der Waals surface area contributed by atoms with Crippen molar-refractivity contribution >= 4 is 11.6 Å². The molecule has 1 fully saturated rings. The van der Waals surface area contributed by atoms with Crippen LogP contribution < -0.4 is 5.32 Å². The van der Waals surface area contributed by atoms with Crippen LogP contribution in [-0.4, -0.2) is 30.0 Å². The zero-order chi connectivity index (χ0) is 14.7. The highest BCUT2D eigenvalue weighted by Crippen LogP contribution is 2.24. The molecule has 1 aromatic carbocycles. The third-order valence-corrected chi connectivity index (χ3v) is 3.97. The molecular formula is C15H21ClFNO2. The lowest BCUT2D eigenvalue weighted by Crippen LogP contribution is -2.43. The summed E-state index contributed by atoms with van der Waals surface area (Å²) in [6, 6.07) is 4.61. The standard InChI is InChI=1S/C15H21ClFNO2/c1-9-5-12(6-10(2)20-9)18-15(8-19)11-3-4-13(16)14(17)7-11/h3-4,7,9-10,12,15,18-19H,5-6,8H2,1-2H3. The second-order valence-corrected chi connectivity index (χ2v) is 5.91. The van der Waals surface area contributed by atoms with Gasteiger partial charge in [-0.1, -0.05) is 17.7 Å². The van der Waals surface area contributed by atoms with Gasteiger partial charge in [-0.05, 0) is 44.4 Å². The number of ether oxygens (including phenoxy) is 1. The maximum Gasteiger partial charge on any atom is 0.142 e. The highest BCUT2D eigenvalue weighted by atomic mass is 35.5. The van der Waals surface area contributed by atoms with Crippen molar-refractivity contribution in [3.05, 3.63) is 34.6 Å². The minimum Gasteiger partial charge on any atom is -0.394 e. The van der Waals surface area contributed by atoms with E-state index in [1.807, 2.05) is 13.8 Å². The average Bonchev–Trinajstić information content (AvgIpc) is 2.38. The smallest absolute Gasteiger partial charge is 0.142 e. The van der Waals surface area contributed by atoms with Crippen molar-refractivity contribution in [2.75, 3.05) is 6.61 Å². The van der Waals surface area contributed by atoms with Gasteiger partial charge in [-0.25, -0.2) is 4.39 Å². The van der Waals surface area contributed by atoms with E-state index < -0.39 is 5.82 Å². The van der Waals surface area contributed by atoms with Crippen molar-refractivity contribution in [2.24, 2.45) is 0 Å². The Labute approximate surface area is 124 Å². The van der Waals surface area contributed by atoms with Crippen LogP contribution in [0.3, 0.4) is 0 Å². The van der Waals surface area contributed by atoms with Crippen molar-refractivity contribution < 1.29 is 14.2 Å². The lowest BCUT2D eigenvalue weighted by atomic mass is 9.97. The van der Waals surface area contributed by atoms with Gasteiger partial charge >= 0.3 is 0 Å². The van der Waals surface area contributed by atoms with E-state index in [0.29, 0.717) is 5.56 Å². The van der Waals surface area contributed by atoms with Gasteiger partial charge in [-0.15, -0.1) is 0 Å². The summed E-state index contributed by atoms with van der Waals surface area (Å²) in [6.07, 6.45) is 2.16. The molecular weight excluding hydrogens is 281 g/mol. The quantitative estimate of drug-likeness (QED) is 0.898. The molecule has 1 aliphatic rings. The number of aliphatic hydroxyl groups excluding tert-OH is 1. The fourth-order valence-electron chi connectivity index (χ4n) is 2.81. The van der Waals surface area contributed by atoms with Crippen LogP contribution in [0.25, 0.3) is 0 Å². The van der Waals surface area contributed by atoms with Gasteiger partial charge in [0.05, 0.1) is 29.9 Å². The molecule has 20 heavy (non-hydrogen) atoms. The van der Waals surface area contributed by atoms with E-state index in [0.717, 1.165) is 12.8 Å². The van der Waals surface area contributed by atoms with Crippen molar-refractivity contribution in [3.63, 3.8) is 0 Å². The Bertz CT molecular complexity index is 447. The van der Waals surface area contributed by atoms with Crippen LogP contribution in [0.2, 0.25) is 5.02 Å². The summed E-state index contributed by atoms with van der Waals surface area (Å²) in [7, 11) is 0. The van der Waals surface area contributed by atoms with E-state index in [1.54, 1.807) is 6.07 Å². The first kappa shape index (κ1) is 15.7. The summed E-state index contributed by atoms with van der Waals surface area (Å²) in [5.74, 6) is -0.460. The monoisotopic (exact) mass is 301 g/mol. The molecule has 0 spiro atoms. The summed E-state index contributed by atoms with van der Waals surface area (Å²) >= 11 is 5.68. The van der Waals surface area contributed by atoms with Gasteiger partial charge in [0.1, 0.15) is 5.82 Å². The van der Waals surface area contributed by atoms with Gasteiger partial charge in [0.2, 0.25) is 0 Å². The van der Waals surface area contributed by atoms with Gasteiger partial charge in [-0.3, -0.25) is 0 Å². The maximum atomic E-state index is 13.5. The topological polar surface area (TPSA) is 41.5 Å². The first-order valence-corrected chi connectivity index (χ1v) is 7.34. The number of halogens is 2. The summed E-state index contributed by atoms with van der Waals surface area (Å²) in [4.78, 5) is 0. The number of hydrogen-bond acceptors (Lipinski definition) is 3. The minimum absolute atomic E-state index is 0.0822. The molecule has 0 aliphatic carbocycles. The van der Waals surface area contributed by atoms with Crippen LogP contribution in [0.4, 0.5) is 4.39 Å². The van der Waals surface area contributed by atoms with E-state index >= 15 is 0 Å². The number of rotatable bonds is 4. The zero-order valence-electron chi connectivity index (χ0n) is 11.8. The summed E-state index contributed by atoms with van der Waals surface area (Å²) in [5.41, 5.74) is 0.709. The van der Waals surface area contributed by atoms with E-state index in [4.69, 9.17) is 16.3 Å². The van der Waals surface area contributed by atoms with Gasteiger partial charge in [-0.2, -0.15) is 0 Å². The lowest BCUT2D eigenvalue weighted by molar-refractivity contribution is -0.0445. The van der Waals surface area contributed by atoms with E-state index in [2.05, 4.69) is 5.32 Å². The van der Waals surface area contributed by atoms with Crippen LogP contribution >= 0.6 is 11.6 Å². The van der Waals surface area contributed by atoms with Crippen LogP contribution in [0, 0.1) is 5.82 Å². The Kier molecular flexibility index (Phi) is 5.38. The molecule has 5 heteroatoms. The second-order valence-electron chi connectivity index (χ2n) is 5.50. The zero-order valence-corrected chi connectivity index (χ0v) is 12.5. The average molecular weight is 302 g/mol. The van der Waals surface area contributed by atoms with Gasteiger partial charge in [0.15, 0.2) is 0 Å². The van der Waals surface area contributed by atoms with E-state index in [9.17, 15) is 9.50 Å². The first-order chi connectivity index (χ1) is 9.49. The summed E-state index contributed by atoms with van der Waals surface area (Å²) in [5, 5.41) is 13.0. The lowest BCUT2D eigenvalue weighted by Gasteiger charge is -2.34. The number of nitrogens with one attached hydrogen (secondary N) is 1. The molecule has 3 nitrogen and oxygen atoms in total. The molecule has 1 heterocycles. The molecule has 0 amide bonds.